The van der Waals surface area contributed by atoms with Gasteiger partial charge in [-0.2, -0.15) is 0 Å². The fourth-order valence-corrected chi connectivity index (χ4v) is 2.49. The average Bonchev–Trinajstić information content (AvgIpc) is 2.26. The third kappa shape index (κ3) is 3.82. The monoisotopic (exact) mass is 376 g/mol. The van der Waals surface area contributed by atoms with Gasteiger partial charge in [-0.15, -0.1) is 0 Å². The van der Waals surface area contributed by atoms with Crippen LogP contribution in [-0.4, -0.2) is 5.97 Å². The summed E-state index contributed by atoms with van der Waals surface area (Å²) in [6, 6.07) is 4.19. The number of hydrogen-bond donors (Lipinski definition) is 0. The van der Waals surface area contributed by atoms with Gasteiger partial charge in [-0.05, 0) is 11.0 Å². The normalized spacial score (nSPS) is 11.4. The van der Waals surface area contributed by atoms with Crippen molar-refractivity contribution in [1.82, 2.24) is 0 Å². The number of carbonyl (C=O) groups excluding carboxylic acids is 1. The van der Waals surface area contributed by atoms with E-state index in [0.29, 0.717) is 16.4 Å². The van der Waals surface area contributed by atoms with Crippen molar-refractivity contribution in [3.63, 3.8) is 0 Å². The Morgan fingerprint density at radius 1 is 1.17 bits per heavy atom. The highest BCUT2D eigenvalue weighted by molar-refractivity contribution is 9.08. The van der Waals surface area contributed by atoms with Crippen molar-refractivity contribution in [2.24, 2.45) is 0 Å². The number of benzene rings is 1. The molecule has 100 valence electrons. The second-order valence-corrected chi connectivity index (χ2v) is 6.36. The lowest BCUT2D eigenvalue weighted by molar-refractivity contribution is -0.131. The van der Waals surface area contributed by atoms with E-state index in [0.717, 1.165) is 11.1 Å². The van der Waals surface area contributed by atoms with E-state index in [1.165, 1.54) is 12.5 Å². The molecule has 0 saturated heterocycles. The molecule has 0 N–H and O–H groups in total. The summed E-state index contributed by atoms with van der Waals surface area (Å²) in [5.74, 6) is 0.382. The summed E-state index contributed by atoms with van der Waals surface area (Å²) >= 11 is 6.91. The van der Waals surface area contributed by atoms with Crippen molar-refractivity contribution < 1.29 is 9.53 Å². The molecule has 0 aliphatic carbocycles. The molecule has 0 aliphatic heterocycles. The largest absolute Gasteiger partial charge is 0.426 e. The molecule has 0 bridgehead atoms. The summed E-state index contributed by atoms with van der Waals surface area (Å²) in [5.41, 5.74) is 3.32. The molecule has 0 aliphatic rings. The van der Waals surface area contributed by atoms with E-state index in [-0.39, 0.29) is 11.4 Å². The number of ether oxygens (including phenoxy) is 1. The zero-order valence-electron chi connectivity index (χ0n) is 11.1. The van der Waals surface area contributed by atoms with Crippen LogP contribution in [0.5, 0.6) is 5.75 Å². The number of rotatable bonds is 3. The summed E-state index contributed by atoms with van der Waals surface area (Å²) in [6.45, 7) is 7.94. The highest BCUT2D eigenvalue weighted by Gasteiger charge is 2.19. The van der Waals surface area contributed by atoms with Crippen LogP contribution in [0.25, 0.3) is 0 Å². The lowest BCUT2D eigenvalue weighted by Crippen LogP contribution is -2.14. The van der Waals surface area contributed by atoms with Crippen LogP contribution in [0.4, 0.5) is 0 Å². The van der Waals surface area contributed by atoms with Gasteiger partial charge >= 0.3 is 5.97 Å². The van der Waals surface area contributed by atoms with Crippen molar-refractivity contribution in [2.75, 3.05) is 0 Å². The van der Waals surface area contributed by atoms with Crippen molar-refractivity contribution in [2.45, 2.75) is 43.8 Å². The molecule has 0 amide bonds. The lowest BCUT2D eigenvalue weighted by Gasteiger charge is -2.22. The molecule has 0 unspecified atom stereocenters. The molecule has 0 heterocycles. The second-order valence-electron chi connectivity index (χ2n) is 5.23. The molecule has 0 spiro atoms. The highest BCUT2D eigenvalue weighted by Crippen LogP contribution is 2.34. The number of carbonyl (C=O) groups is 1. The van der Waals surface area contributed by atoms with Crippen molar-refractivity contribution in [1.29, 1.82) is 0 Å². The van der Waals surface area contributed by atoms with Crippen molar-refractivity contribution in [3.05, 3.63) is 28.8 Å². The Hall–Kier alpha value is -0.350. The molecule has 2 nitrogen and oxygen atoms in total. The van der Waals surface area contributed by atoms with Gasteiger partial charge < -0.3 is 4.74 Å². The predicted octanol–water partition coefficient (Wildman–Crippen LogP) is 4.70. The average molecular weight is 378 g/mol. The first-order valence-corrected chi connectivity index (χ1v) is 8.00. The first-order chi connectivity index (χ1) is 8.29. The summed E-state index contributed by atoms with van der Waals surface area (Å²) in [7, 11) is 0. The summed E-state index contributed by atoms with van der Waals surface area (Å²) < 4.78 is 5.33. The number of hydrogen-bond acceptors (Lipinski definition) is 2. The Balaban J connectivity index is 3.38. The number of esters is 1. The van der Waals surface area contributed by atoms with E-state index >= 15 is 0 Å². The van der Waals surface area contributed by atoms with E-state index in [1.807, 2.05) is 0 Å². The second kappa shape index (κ2) is 6.20. The Kier molecular flexibility index (Phi) is 5.41. The Morgan fingerprint density at radius 3 is 1.89 bits per heavy atom. The molecule has 18 heavy (non-hydrogen) atoms. The summed E-state index contributed by atoms with van der Waals surface area (Å²) in [5, 5.41) is 1.33. The van der Waals surface area contributed by atoms with Crippen LogP contribution in [0.3, 0.4) is 0 Å². The van der Waals surface area contributed by atoms with E-state index in [4.69, 9.17) is 4.74 Å². The van der Waals surface area contributed by atoms with Crippen LogP contribution >= 0.6 is 31.9 Å². The molecule has 1 aromatic carbocycles. The van der Waals surface area contributed by atoms with E-state index < -0.39 is 0 Å². The standard InChI is InChI=1S/C14H18Br2O2/c1-9(17)18-13-10(7-15)5-12(14(2,3)4)6-11(13)8-16/h5-6H,7-8H2,1-4H3. The minimum atomic E-state index is -0.289. The third-order valence-corrected chi connectivity index (χ3v) is 3.85. The molecule has 0 radical (unpaired) electrons. The van der Waals surface area contributed by atoms with Gasteiger partial charge in [0.05, 0.1) is 0 Å². The molecular formula is C14H18Br2O2. The Bertz CT molecular complexity index is 423. The van der Waals surface area contributed by atoms with Crippen LogP contribution in [-0.2, 0) is 20.9 Å². The Labute approximate surface area is 125 Å². The van der Waals surface area contributed by atoms with E-state index in [1.54, 1.807) is 0 Å². The zero-order chi connectivity index (χ0) is 13.9. The summed E-state index contributed by atoms with van der Waals surface area (Å²) in [6.07, 6.45) is 0. The topological polar surface area (TPSA) is 26.3 Å². The minimum absolute atomic E-state index is 0.0720. The van der Waals surface area contributed by atoms with E-state index in [9.17, 15) is 4.79 Å². The lowest BCUT2D eigenvalue weighted by atomic mass is 9.85. The van der Waals surface area contributed by atoms with Crippen molar-refractivity contribution in [3.8, 4) is 5.75 Å². The van der Waals surface area contributed by atoms with Gasteiger partial charge in [-0.1, -0.05) is 64.8 Å². The highest BCUT2D eigenvalue weighted by atomic mass is 79.9. The van der Waals surface area contributed by atoms with E-state index in [2.05, 4.69) is 64.8 Å². The molecule has 0 aromatic heterocycles. The van der Waals surface area contributed by atoms with Crippen LogP contribution in [0.1, 0.15) is 44.4 Å². The van der Waals surface area contributed by atoms with Crippen LogP contribution in [0.2, 0.25) is 0 Å². The predicted molar refractivity (Wildman–Crippen MR) is 81.7 cm³/mol. The van der Waals surface area contributed by atoms with Crippen LogP contribution in [0, 0.1) is 0 Å². The first kappa shape index (κ1) is 15.7. The maximum Gasteiger partial charge on any atom is 0.308 e. The Morgan fingerprint density at radius 2 is 1.61 bits per heavy atom. The van der Waals surface area contributed by atoms with Crippen LogP contribution in [0.15, 0.2) is 12.1 Å². The molecule has 0 fully saturated rings. The quantitative estimate of drug-likeness (QED) is 0.433. The summed E-state index contributed by atoms with van der Waals surface area (Å²) in [4.78, 5) is 11.2. The van der Waals surface area contributed by atoms with Crippen molar-refractivity contribution >= 4 is 37.8 Å². The number of halogens is 2. The fourth-order valence-electron chi connectivity index (χ4n) is 1.66. The molecule has 4 heteroatoms. The fraction of sp³-hybridized carbons (Fsp3) is 0.500. The number of alkyl halides is 2. The maximum absolute atomic E-state index is 11.2. The van der Waals surface area contributed by atoms with Gasteiger partial charge in [-0.3, -0.25) is 4.79 Å². The smallest absolute Gasteiger partial charge is 0.308 e. The molecule has 1 aromatic rings. The van der Waals surface area contributed by atoms with Gasteiger partial charge in [-0.25, -0.2) is 0 Å². The molecule has 1 rings (SSSR count). The first-order valence-electron chi connectivity index (χ1n) is 5.76. The molecular weight excluding hydrogens is 360 g/mol. The maximum atomic E-state index is 11.2. The van der Waals surface area contributed by atoms with Gasteiger partial charge in [0.25, 0.3) is 0 Å². The third-order valence-electron chi connectivity index (χ3n) is 2.64. The van der Waals surface area contributed by atoms with Crippen LogP contribution < -0.4 is 4.74 Å². The molecule has 0 atom stereocenters. The van der Waals surface area contributed by atoms with Gasteiger partial charge in [0, 0.05) is 28.7 Å². The van der Waals surface area contributed by atoms with Gasteiger partial charge in [0.1, 0.15) is 5.75 Å². The minimum Gasteiger partial charge on any atom is -0.426 e. The zero-order valence-corrected chi connectivity index (χ0v) is 14.3. The van der Waals surface area contributed by atoms with Gasteiger partial charge in [0.15, 0.2) is 0 Å². The molecule has 0 saturated carbocycles. The van der Waals surface area contributed by atoms with Gasteiger partial charge in [0.2, 0.25) is 0 Å². The SMILES string of the molecule is CC(=O)Oc1c(CBr)cc(C(C)(C)C)cc1CBr.